The summed E-state index contributed by atoms with van der Waals surface area (Å²) < 4.78 is 10.2. The minimum atomic E-state index is -0.250. The quantitative estimate of drug-likeness (QED) is 0.169. The number of nitrogens with zero attached hydrogens (tertiary/aromatic N) is 5. The minimum absolute atomic E-state index is 0.0717. The van der Waals surface area contributed by atoms with E-state index in [1.54, 1.807) is 0 Å². The molecule has 2 aliphatic rings. The highest BCUT2D eigenvalue weighted by atomic mass is 15.4. The molecule has 5 heteroatoms. The second kappa shape index (κ2) is 11.5. The molecule has 262 valence electrons. The third-order valence-electron chi connectivity index (χ3n) is 12.7. The molecule has 0 spiro atoms. The smallest absolute Gasteiger partial charge is 0.230 e. The van der Waals surface area contributed by atoms with Crippen LogP contribution < -0.4 is 9.13 Å². The van der Waals surface area contributed by atoms with Crippen molar-refractivity contribution in [2.75, 3.05) is 0 Å². The molecule has 0 saturated carbocycles. The number of para-hydroxylation sites is 3. The van der Waals surface area contributed by atoms with Crippen molar-refractivity contribution in [2.24, 2.45) is 5.92 Å². The lowest BCUT2D eigenvalue weighted by molar-refractivity contribution is -0.725. The van der Waals surface area contributed by atoms with E-state index in [9.17, 15) is 0 Å². The lowest BCUT2D eigenvalue weighted by atomic mass is 9.73. The molecule has 0 bridgehead atoms. The van der Waals surface area contributed by atoms with Crippen LogP contribution in [0, 0.1) is 12.8 Å². The van der Waals surface area contributed by atoms with Gasteiger partial charge in [0.2, 0.25) is 16.9 Å². The topological polar surface area (TPSA) is 30.5 Å². The Morgan fingerprint density at radius 2 is 1.47 bits per heavy atom. The van der Waals surface area contributed by atoms with E-state index in [1.165, 1.54) is 72.2 Å². The van der Waals surface area contributed by atoms with Crippen molar-refractivity contribution < 1.29 is 9.13 Å². The van der Waals surface area contributed by atoms with Crippen LogP contribution in [-0.4, -0.2) is 14.3 Å². The molecule has 2 atom stereocenters. The van der Waals surface area contributed by atoms with Crippen molar-refractivity contribution in [1.82, 2.24) is 14.3 Å². The maximum atomic E-state index is 5.60. The normalized spacial score (nSPS) is 17.5. The number of hydrogen-bond donors (Lipinski definition) is 0. The van der Waals surface area contributed by atoms with E-state index in [1.807, 2.05) is 0 Å². The summed E-state index contributed by atoms with van der Waals surface area (Å²) in [7, 11) is 0. The number of aryl methyl sites for hydroxylation is 1. The van der Waals surface area contributed by atoms with Crippen molar-refractivity contribution in [1.29, 1.82) is 0 Å². The van der Waals surface area contributed by atoms with Gasteiger partial charge in [-0.3, -0.25) is 4.68 Å². The van der Waals surface area contributed by atoms with E-state index in [0.717, 1.165) is 25.1 Å². The van der Waals surface area contributed by atoms with E-state index >= 15 is 0 Å². The highest BCUT2D eigenvalue weighted by Crippen LogP contribution is 2.52. The Morgan fingerprint density at radius 1 is 0.755 bits per heavy atom. The summed E-state index contributed by atoms with van der Waals surface area (Å²) in [6.07, 6.45) is 4.24. The van der Waals surface area contributed by atoms with Gasteiger partial charge in [0.05, 0.1) is 27.8 Å². The third kappa shape index (κ3) is 4.40. The fourth-order valence-electron chi connectivity index (χ4n) is 10.1. The van der Waals surface area contributed by atoms with Gasteiger partial charge in [0.25, 0.3) is 0 Å². The summed E-state index contributed by atoms with van der Waals surface area (Å²) in [5.41, 5.74) is 13.6. The number of aromatic nitrogens is 5. The Balaban J connectivity index is 1.34. The van der Waals surface area contributed by atoms with Gasteiger partial charge in [-0.25, -0.2) is 0 Å². The average molecular weight is 694 g/mol. The summed E-state index contributed by atoms with van der Waals surface area (Å²) in [4.78, 5) is 0. The predicted octanol–water partition coefficient (Wildman–Crippen LogP) is 10.4. The first-order chi connectivity index (χ1) is 25.7. The molecule has 5 nitrogen and oxygen atoms in total. The van der Waals surface area contributed by atoms with Crippen LogP contribution in [0.4, 0.5) is 0 Å². The van der Waals surface area contributed by atoms with E-state index in [-0.39, 0.29) is 22.9 Å². The van der Waals surface area contributed by atoms with Crippen LogP contribution in [0.15, 0.2) is 128 Å². The fourth-order valence-corrected chi connectivity index (χ4v) is 10.1. The zero-order chi connectivity index (χ0) is 36.2. The van der Waals surface area contributed by atoms with Gasteiger partial charge in [-0.2, -0.15) is 14.2 Å². The van der Waals surface area contributed by atoms with E-state index < -0.39 is 0 Å². The molecule has 0 saturated heterocycles. The summed E-state index contributed by atoms with van der Waals surface area (Å²) in [6.45, 7) is 14.8. The number of benzene rings is 4. The van der Waals surface area contributed by atoms with Gasteiger partial charge in [-0.1, -0.05) is 83.1 Å². The molecule has 10 rings (SSSR count). The molecule has 0 radical (unpaired) electrons. The van der Waals surface area contributed by atoms with Crippen LogP contribution in [0.2, 0.25) is 0 Å². The van der Waals surface area contributed by atoms with Gasteiger partial charge in [0.15, 0.2) is 18.8 Å². The Hall–Kier alpha value is -5.55. The fraction of sp³-hybridized carbons (Fsp3) is 0.271. The number of rotatable bonds is 4. The van der Waals surface area contributed by atoms with Gasteiger partial charge < -0.3 is 4.57 Å². The monoisotopic (exact) mass is 693 g/mol. The molecule has 0 fully saturated rings. The molecule has 4 aromatic heterocycles. The van der Waals surface area contributed by atoms with Crippen LogP contribution in [0.5, 0.6) is 0 Å². The first kappa shape index (κ1) is 32.1. The van der Waals surface area contributed by atoms with E-state index in [0.29, 0.717) is 0 Å². The Labute approximate surface area is 311 Å². The molecule has 53 heavy (non-hydrogen) atoms. The summed E-state index contributed by atoms with van der Waals surface area (Å²) >= 11 is 0. The first-order valence-electron chi connectivity index (χ1n) is 19.4. The minimum Gasteiger partial charge on any atom is -0.309 e. The average Bonchev–Trinajstić information content (AvgIpc) is 3.85. The molecular weight excluding hydrogens is 647 g/mol. The highest BCUT2D eigenvalue weighted by molar-refractivity contribution is 6.16. The third-order valence-corrected chi connectivity index (χ3v) is 12.7. The van der Waals surface area contributed by atoms with Gasteiger partial charge in [0, 0.05) is 57.1 Å². The molecular formula is C48H47N5+2. The Kier molecular flexibility index (Phi) is 6.95. The van der Waals surface area contributed by atoms with Crippen LogP contribution >= 0.6 is 0 Å². The van der Waals surface area contributed by atoms with Crippen molar-refractivity contribution >= 4 is 32.7 Å². The van der Waals surface area contributed by atoms with Gasteiger partial charge in [0.1, 0.15) is 11.6 Å². The molecule has 0 aliphatic carbocycles. The maximum absolute atomic E-state index is 5.60. The lowest BCUT2D eigenvalue weighted by Crippen LogP contribution is -2.56. The largest absolute Gasteiger partial charge is 0.309 e. The molecule has 0 amide bonds. The second-order valence-corrected chi connectivity index (χ2v) is 16.4. The predicted molar refractivity (Wildman–Crippen MR) is 215 cm³/mol. The molecule has 2 unspecified atom stereocenters. The Bertz CT molecular complexity index is 2740. The van der Waals surface area contributed by atoms with Crippen LogP contribution in [0.3, 0.4) is 0 Å². The standard InChI is InChI=1S/C48H47N5/c1-7-48(8-2)36(30-50-27-17-16-24-39(50)41-29-43(47(4,5)6)49-53(41)48)46-35-25-26-40-44(34-21-13-15-23-38(34)51(40)32-18-10-9-11-19-32)45(35)42-28-31(3)33-20-12-14-22-37(33)52(42)46/h9-29,36,46H,7-8,30H2,1-6H3/q+2. The highest BCUT2D eigenvalue weighted by Gasteiger charge is 2.57. The van der Waals surface area contributed by atoms with Crippen LogP contribution in [0.25, 0.3) is 61.0 Å². The molecule has 4 aromatic carbocycles. The van der Waals surface area contributed by atoms with E-state index in [2.05, 4.69) is 187 Å². The van der Waals surface area contributed by atoms with E-state index in [4.69, 9.17) is 5.10 Å². The molecule has 2 aliphatic heterocycles. The van der Waals surface area contributed by atoms with Crippen molar-refractivity contribution in [2.45, 2.75) is 77.9 Å². The SMILES string of the molecule is CCC1(CC)C(C2c3ccc4c(c3-c3cc(C)c5ccccc5[n+]32)c2ccccc2n4-c2ccccc2)C[n+]2ccccc2-c2cc(C(C)(C)C)nn21. The lowest BCUT2D eigenvalue weighted by Gasteiger charge is -2.39. The van der Waals surface area contributed by atoms with Crippen molar-refractivity contribution in [3.05, 3.63) is 144 Å². The van der Waals surface area contributed by atoms with Crippen LogP contribution in [-0.2, 0) is 17.5 Å². The van der Waals surface area contributed by atoms with Gasteiger partial charge in [-0.05, 0) is 73.9 Å². The maximum Gasteiger partial charge on any atom is 0.230 e. The zero-order valence-corrected chi connectivity index (χ0v) is 31.6. The van der Waals surface area contributed by atoms with Crippen LogP contribution in [0.1, 0.15) is 70.3 Å². The summed E-state index contributed by atoms with van der Waals surface area (Å²) in [6, 6.07) is 45.4. The number of hydrogen-bond acceptors (Lipinski definition) is 1. The van der Waals surface area contributed by atoms with Gasteiger partial charge >= 0.3 is 0 Å². The number of pyridine rings is 2. The second-order valence-electron chi connectivity index (χ2n) is 16.4. The summed E-state index contributed by atoms with van der Waals surface area (Å²) in [5.74, 6) is 0.189. The first-order valence-corrected chi connectivity index (χ1v) is 19.4. The molecule has 6 heterocycles. The molecule has 0 N–H and O–H groups in total. The summed E-state index contributed by atoms with van der Waals surface area (Å²) in [5, 5.41) is 9.55. The number of fused-ring (bicyclic) bond motifs is 12. The van der Waals surface area contributed by atoms with Crippen molar-refractivity contribution in [3.8, 4) is 28.3 Å². The molecule has 8 aromatic rings. The zero-order valence-electron chi connectivity index (χ0n) is 31.6. The Morgan fingerprint density at radius 3 is 2.25 bits per heavy atom. The van der Waals surface area contributed by atoms with Gasteiger partial charge in [-0.15, -0.1) is 0 Å². The van der Waals surface area contributed by atoms with Crippen molar-refractivity contribution in [3.63, 3.8) is 0 Å².